The molecule has 1 aromatic heterocycles. The first-order valence-electron chi connectivity index (χ1n) is 4.00. The lowest BCUT2D eigenvalue weighted by Gasteiger charge is -1.91. The number of fused-ring (bicyclic) bond motifs is 1. The molecular formula is C10H6ClNO2. The largest absolute Gasteiger partial charge is 0.322 e. The molecule has 14 heavy (non-hydrogen) atoms. The number of H-pyrrole nitrogens is 1. The summed E-state index contributed by atoms with van der Waals surface area (Å²) in [6, 6.07) is 7.21. The molecule has 0 spiro atoms. The molecule has 0 aliphatic rings. The highest BCUT2D eigenvalue weighted by atomic mass is 35.5. The van der Waals surface area contributed by atoms with Crippen LogP contribution >= 0.6 is 11.6 Å². The summed E-state index contributed by atoms with van der Waals surface area (Å²) in [5, 5.41) is 0.940. The normalized spacial score (nSPS) is 10.4. The van der Waals surface area contributed by atoms with Crippen molar-refractivity contribution in [2.75, 3.05) is 0 Å². The standard InChI is InChI=1S/C10H6ClNO2/c11-6-1-2-7-8(5-6)12-10(14)4-3-9(7)13/h1-5H,(H,12,14). The van der Waals surface area contributed by atoms with E-state index in [0.717, 1.165) is 0 Å². The number of aromatic amines is 1. The molecule has 0 atom stereocenters. The van der Waals surface area contributed by atoms with Crippen molar-refractivity contribution in [2.24, 2.45) is 0 Å². The second kappa shape index (κ2) is 3.27. The molecule has 0 bridgehead atoms. The van der Waals surface area contributed by atoms with Gasteiger partial charge in [-0.05, 0) is 24.3 Å². The van der Waals surface area contributed by atoms with Gasteiger partial charge in [-0.15, -0.1) is 0 Å². The SMILES string of the molecule is O=c1ccc(=O)c2ccc(Cl)cc2[nH]1. The molecule has 1 N–H and O–H groups in total. The lowest BCUT2D eigenvalue weighted by molar-refractivity contribution is 1.33. The van der Waals surface area contributed by atoms with Crippen molar-refractivity contribution < 1.29 is 0 Å². The Kier molecular flexibility index (Phi) is 2.09. The Morgan fingerprint density at radius 3 is 2.64 bits per heavy atom. The van der Waals surface area contributed by atoms with Crippen LogP contribution < -0.4 is 11.0 Å². The third kappa shape index (κ3) is 1.54. The van der Waals surface area contributed by atoms with Gasteiger partial charge in [0, 0.05) is 16.5 Å². The van der Waals surface area contributed by atoms with Gasteiger partial charge in [0.05, 0.1) is 5.52 Å². The Balaban J connectivity index is 3.08. The Labute approximate surface area is 84.0 Å². The average Bonchev–Trinajstić information content (AvgIpc) is 2.26. The van der Waals surface area contributed by atoms with Crippen molar-refractivity contribution in [1.82, 2.24) is 4.98 Å². The minimum atomic E-state index is -0.320. The van der Waals surface area contributed by atoms with Crippen LogP contribution in [-0.4, -0.2) is 4.98 Å². The van der Waals surface area contributed by atoms with Gasteiger partial charge in [-0.3, -0.25) is 9.59 Å². The summed E-state index contributed by atoms with van der Waals surface area (Å²) in [5.41, 5.74) is -0.0631. The molecule has 0 aliphatic carbocycles. The monoisotopic (exact) mass is 207 g/mol. The van der Waals surface area contributed by atoms with Crippen LogP contribution in [0.1, 0.15) is 0 Å². The second-order valence-corrected chi connectivity index (χ2v) is 3.31. The third-order valence-corrected chi connectivity index (χ3v) is 2.13. The topological polar surface area (TPSA) is 49.9 Å². The van der Waals surface area contributed by atoms with Crippen molar-refractivity contribution in [1.29, 1.82) is 0 Å². The first-order valence-corrected chi connectivity index (χ1v) is 4.37. The van der Waals surface area contributed by atoms with Gasteiger partial charge in [0.25, 0.3) is 0 Å². The van der Waals surface area contributed by atoms with Gasteiger partial charge >= 0.3 is 0 Å². The molecule has 0 saturated carbocycles. The zero-order valence-electron chi connectivity index (χ0n) is 7.08. The summed E-state index contributed by atoms with van der Waals surface area (Å²) in [7, 11) is 0. The molecule has 0 radical (unpaired) electrons. The molecule has 1 heterocycles. The van der Waals surface area contributed by atoms with E-state index >= 15 is 0 Å². The third-order valence-electron chi connectivity index (χ3n) is 1.89. The van der Waals surface area contributed by atoms with Crippen molar-refractivity contribution in [3.8, 4) is 0 Å². The molecule has 0 fully saturated rings. The number of hydrogen-bond acceptors (Lipinski definition) is 2. The predicted octanol–water partition coefficient (Wildman–Crippen LogP) is 1.54. The molecule has 2 aromatic rings. The van der Waals surface area contributed by atoms with E-state index < -0.39 is 0 Å². The van der Waals surface area contributed by atoms with Gasteiger partial charge in [-0.1, -0.05) is 11.6 Å². The van der Waals surface area contributed by atoms with E-state index in [9.17, 15) is 9.59 Å². The Hall–Kier alpha value is -1.61. The fraction of sp³-hybridized carbons (Fsp3) is 0. The number of nitrogens with one attached hydrogen (secondary N) is 1. The van der Waals surface area contributed by atoms with Gasteiger partial charge in [0.15, 0.2) is 5.43 Å². The smallest absolute Gasteiger partial charge is 0.248 e. The van der Waals surface area contributed by atoms with E-state index in [2.05, 4.69) is 4.98 Å². The van der Waals surface area contributed by atoms with Gasteiger partial charge in [0.2, 0.25) is 5.56 Å². The molecule has 0 unspecified atom stereocenters. The molecule has 3 nitrogen and oxygen atoms in total. The Bertz CT molecular complexity index is 604. The first-order chi connectivity index (χ1) is 6.66. The summed E-state index contributed by atoms with van der Waals surface area (Å²) in [4.78, 5) is 25.1. The highest BCUT2D eigenvalue weighted by Crippen LogP contribution is 2.12. The predicted molar refractivity (Wildman–Crippen MR) is 55.8 cm³/mol. The Morgan fingerprint density at radius 2 is 1.86 bits per heavy atom. The molecule has 0 saturated heterocycles. The summed E-state index contributed by atoms with van der Waals surface area (Å²) in [6.07, 6.45) is 0. The van der Waals surface area contributed by atoms with Crippen molar-refractivity contribution in [3.05, 3.63) is 55.9 Å². The number of halogens is 1. The van der Waals surface area contributed by atoms with E-state index in [0.29, 0.717) is 15.9 Å². The van der Waals surface area contributed by atoms with Gasteiger partial charge in [-0.25, -0.2) is 0 Å². The van der Waals surface area contributed by atoms with Gasteiger partial charge < -0.3 is 4.98 Å². The van der Waals surface area contributed by atoms with Crippen LogP contribution in [0.25, 0.3) is 10.9 Å². The van der Waals surface area contributed by atoms with Crippen LogP contribution in [0.4, 0.5) is 0 Å². The number of aromatic nitrogens is 1. The van der Waals surface area contributed by atoms with E-state index in [1.807, 2.05) is 0 Å². The maximum atomic E-state index is 11.4. The Morgan fingerprint density at radius 1 is 1.07 bits per heavy atom. The van der Waals surface area contributed by atoms with Gasteiger partial charge in [0.1, 0.15) is 0 Å². The molecule has 1 aromatic carbocycles. The van der Waals surface area contributed by atoms with Gasteiger partial charge in [-0.2, -0.15) is 0 Å². The second-order valence-electron chi connectivity index (χ2n) is 2.88. The maximum Gasteiger partial charge on any atom is 0.248 e. The van der Waals surface area contributed by atoms with E-state index in [4.69, 9.17) is 11.6 Å². The lowest BCUT2D eigenvalue weighted by atomic mass is 10.2. The lowest BCUT2D eigenvalue weighted by Crippen LogP contribution is -1.97. The summed E-state index contributed by atoms with van der Waals surface area (Å²) < 4.78 is 0. The number of hydrogen-bond donors (Lipinski definition) is 1. The van der Waals surface area contributed by atoms with Crippen LogP contribution in [0.5, 0.6) is 0 Å². The zero-order valence-corrected chi connectivity index (χ0v) is 7.84. The maximum absolute atomic E-state index is 11.4. The summed E-state index contributed by atoms with van der Waals surface area (Å²) in [6.45, 7) is 0. The molecule has 2 rings (SSSR count). The quantitative estimate of drug-likeness (QED) is 0.713. The van der Waals surface area contributed by atoms with E-state index in [1.54, 1.807) is 18.2 Å². The number of benzene rings is 1. The van der Waals surface area contributed by atoms with Crippen LogP contribution in [-0.2, 0) is 0 Å². The molecule has 70 valence electrons. The van der Waals surface area contributed by atoms with Crippen LogP contribution in [0.15, 0.2) is 39.9 Å². The first kappa shape index (κ1) is 8.97. The zero-order chi connectivity index (χ0) is 10.1. The number of rotatable bonds is 0. The van der Waals surface area contributed by atoms with Crippen LogP contribution in [0.2, 0.25) is 5.02 Å². The molecule has 0 amide bonds. The summed E-state index contributed by atoms with van der Waals surface area (Å²) >= 11 is 5.74. The van der Waals surface area contributed by atoms with Crippen molar-refractivity contribution in [2.45, 2.75) is 0 Å². The van der Waals surface area contributed by atoms with Crippen LogP contribution in [0, 0.1) is 0 Å². The highest BCUT2D eigenvalue weighted by Gasteiger charge is 1.97. The molecular weight excluding hydrogens is 202 g/mol. The minimum absolute atomic E-state index is 0.199. The molecule has 0 aliphatic heterocycles. The van der Waals surface area contributed by atoms with Crippen molar-refractivity contribution >= 4 is 22.5 Å². The average molecular weight is 208 g/mol. The minimum Gasteiger partial charge on any atom is -0.322 e. The fourth-order valence-corrected chi connectivity index (χ4v) is 1.42. The highest BCUT2D eigenvalue weighted by molar-refractivity contribution is 6.31. The van der Waals surface area contributed by atoms with E-state index in [1.165, 1.54) is 12.1 Å². The fourth-order valence-electron chi connectivity index (χ4n) is 1.25. The molecule has 4 heteroatoms. The van der Waals surface area contributed by atoms with E-state index in [-0.39, 0.29) is 11.0 Å². The summed E-state index contributed by atoms with van der Waals surface area (Å²) in [5.74, 6) is 0. The van der Waals surface area contributed by atoms with Crippen LogP contribution in [0.3, 0.4) is 0 Å². The van der Waals surface area contributed by atoms with Crippen molar-refractivity contribution in [3.63, 3.8) is 0 Å².